The van der Waals surface area contributed by atoms with Crippen molar-refractivity contribution in [3.05, 3.63) is 95.6 Å². The Bertz CT molecular complexity index is 962. The molecular weight excluding hydrogens is 404 g/mol. The summed E-state index contributed by atoms with van der Waals surface area (Å²) in [6, 6.07) is 26.7. The Labute approximate surface area is 191 Å². The topological polar surface area (TPSA) is 24.5 Å². The highest BCUT2D eigenvalue weighted by atomic mass is 35.5. The maximum Gasteiger partial charge on any atom is 0.118 e. The molecule has 3 nitrogen and oxygen atoms in total. The minimum Gasteiger partial charge on any atom is -0.497 e. The lowest BCUT2D eigenvalue weighted by Crippen LogP contribution is -2.28. The highest BCUT2D eigenvalue weighted by Crippen LogP contribution is 2.35. The van der Waals surface area contributed by atoms with E-state index >= 15 is 0 Å². The van der Waals surface area contributed by atoms with Crippen LogP contribution in [0.3, 0.4) is 0 Å². The number of nitrogens with zero attached hydrogens (tertiary/aromatic N) is 1. The first-order chi connectivity index (χ1) is 15.2. The van der Waals surface area contributed by atoms with E-state index in [0.717, 1.165) is 64.9 Å². The zero-order chi connectivity index (χ0) is 22.1. The third kappa shape index (κ3) is 6.13. The summed E-state index contributed by atoms with van der Waals surface area (Å²) in [6.07, 6.45) is 0. The lowest BCUT2D eigenvalue weighted by atomic mass is 9.95. The predicted octanol–water partition coefficient (Wildman–Crippen LogP) is 6.60. The summed E-state index contributed by atoms with van der Waals surface area (Å²) in [7, 11) is 1.67. The lowest BCUT2D eigenvalue weighted by Gasteiger charge is -2.18. The van der Waals surface area contributed by atoms with Crippen molar-refractivity contribution in [3.63, 3.8) is 0 Å². The van der Waals surface area contributed by atoms with Gasteiger partial charge in [0.05, 0.1) is 12.1 Å². The third-order valence-corrected chi connectivity index (χ3v) is 5.86. The molecule has 3 rings (SSSR count). The van der Waals surface area contributed by atoms with Gasteiger partial charge in [0.2, 0.25) is 0 Å². The van der Waals surface area contributed by atoms with E-state index in [-0.39, 0.29) is 0 Å². The smallest absolute Gasteiger partial charge is 0.118 e. The van der Waals surface area contributed by atoms with Crippen molar-refractivity contribution >= 4 is 27.9 Å². The van der Waals surface area contributed by atoms with Crippen molar-refractivity contribution in [1.82, 2.24) is 4.90 Å². The maximum atomic E-state index is 6.94. The number of hydrogen-bond donors (Lipinski definition) is 1. The average Bonchev–Trinajstić information content (AvgIpc) is 2.83. The molecule has 4 heteroatoms. The van der Waals surface area contributed by atoms with Gasteiger partial charge in [0.15, 0.2) is 0 Å². The highest BCUT2D eigenvalue weighted by Gasteiger charge is 2.13. The monoisotopic (exact) mass is 434 g/mol. The van der Waals surface area contributed by atoms with Gasteiger partial charge in [0, 0.05) is 24.4 Å². The number of hydrogen-bond acceptors (Lipinski definition) is 3. The first kappa shape index (κ1) is 22.9. The molecule has 3 aromatic rings. The van der Waals surface area contributed by atoms with E-state index in [0.29, 0.717) is 0 Å². The summed E-state index contributed by atoms with van der Waals surface area (Å²) in [6.45, 7) is 8.51. The van der Waals surface area contributed by atoms with Crippen LogP contribution in [0.25, 0.3) is 10.6 Å². The van der Waals surface area contributed by atoms with Crippen LogP contribution in [0.5, 0.6) is 5.75 Å². The van der Waals surface area contributed by atoms with E-state index in [1.54, 1.807) is 7.11 Å². The fraction of sp³-hybridized carbons (Fsp3) is 0.259. The van der Waals surface area contributed by atoms with Crippen LogP contribution >= 0.6 is 11.6 Å². The lowest BCUT2D eigenvalue weighted by molar-refractivity contribution is 0.316. The minimum absolute atomic E-state index is 0.719. The van der Waals surface area contributed by atoms with Gasteiger partial charge in [0.25, 0.3) is 0 Å². The van der Waals surface area contributed by atoms with Crippen LogP contribution in [0.1, 0.15) is 30.5 Å². The van der Waals surface area contributed by atoms with Crippen molar-refractivity contribution < 1.29 is 4.74 Å². The number of halogens is 1. The van der Waals surface area contributed by atoms with Crippen molar-refractivity contribution in [2.24, 2.45) is 0 Å². The number of benzene rings is 3. The van der Waals surface area contributed by atoms with Gasteiger partial charge in [-0.15, -0.1) is 0 Å². The Kier molecular flexibility index (Phi) is 8.57. The minimum atomic E-state index is 0.719. The average molecular weight is 435 g/mol. The van der Waals surface area contributed by atoms with E-state index in [1.165, 1.54) is 0 Å². The van der Waals surface area contributed by atoms with Gasteiger partial charge in [-0.3, -0.25) is 0 Å². The van der Waals surface area contributed by atoms with Crippen molar-refractivity contribution in [1.29, 1.82) is 0 Å². The summed E-state index contributed by atoms with van der Waals surface area (Å²) in [5, 5.41) is 4.24. The first-order valence-electron chi connectivity index (χ1n) is 10.8. The van der Waals surface area contributed by atoms with Gasteiger partial charge in [-0.2, -0.15) is 0 Å². The second-order valence-electron chi connectivity index (χ2n) is 7.31. The molecule has 0 aromatic heterocycles. The molecule has 0 fully saturated rings. The largest absolute Gasteiger partial charge is 0.497 e. The van der Waals surface area contributed by atoms with Crippen molar-refractivity contribution in [3.8, 4) is 5.75 Å². The Morgan fingerprint density at radius 3 is 1.97 bits per heavy atom. The van der Waals surface area contributed by atoms with Crippen LogP contribution in [0.2, 0.25) is 0 Å². The second-order valence-corrected chi connectivity index (χ2v) is 7.69. The van der Waals surface area contributed by atoms with Crippen LogP contribution in [0.4, 0.5) is 5.69 Å². The number of rotatable bonds is 10. The Morgan fingerprint density at radius 2 is 1.39 bits per heavy atom. The quantitative estimate of drug-likeness (QED) is 0.363. The van der Waals surface area contributed by atoms with Gasteiger partial charge in [-0.25, -0.2) is 0 Å². The molecule has 0 aliphatic rings. The molecule has 0 spiro atoms. The van der Waals surface area contributed by atoms with Crippen LogP contribution in [0, 0.1) is 0 Å². The summed E-state index contributed by atoms with van der Waals surface area (Å²) in [4.78, 5) is 2.41. The number of ether oxygens (including phenoxy) is 1. The summed E-state index contributed by atoms with van der Waals surface area (Å²) >= 11 is 6.94. The second kappa shape index (κ2) is 11.6. The Balaban J connectivity index is 1.88. The molecular formula is C27H31ClN2O. The summed E-state index contributed by atoms with van der Waals surface area (Å²) in [5.41, 5.74) is 5.26. The van der Waals surface area contributed by atoms with Gasteiger partial charge < -0.3 is 15.0 Å². The molecule has 31 heavy (non-hydrogen) atoms. The molecule has 0 heterocycles. The molecule has 0 aliphatic carbocycles. The molecule has 162 valence electrons. The van der Waals surface area contributed by atoms with Gasteiger partial charge in [-0.05, 0) is 66.2 Å². The van der Waals surface area contributed by atoms with E-state index in [2.05, 4.69) is 60.5 Å². The molecule has 3 aromatic carbocycles. The Hall–Kier alpha value is -2.75. The number of likely N-dealkylation sites (N-methyl/N-ethyl adjacent to an activating group) is 1. The van der Waals surface area contributed by atoms with Crippen LogP contribution in [0.15, 0.2) is 78.9 Å². The van der Waals surface area contributed by atoms with Crippen LogP contribution in [-0.2, 0) is 0 Å². The molecule has 0 atom stereocenters. The SMILES string of the molecule is CCN(CC)CCNc1ccc(C(=C(Cl)c2ccc(OC)cc2)c2ccccc2)cc1. The molecule has 0 saturated carbocycles. The molecule has 0 radical (unpaired) electrons. The predicted molar refractivity (Wildman–Crippen MR) is 134 cm³/mol. The number of methoxy groups -OCH3 is 1. The van der Waals surface area contributed by atoms with E-state index in [9.17, 15) is 0 Å². The van der Waals surface area contributed by atoms with Crippen LogP contribution in [-0.4, -0.2) is 38.2 Å². The molecule has 0 saturated heterocycles. The van der Waals surface area contributed by atoms with E-state index < -0.39 is 0 Å². The van der Waals surface area contributed by atoms with E-state index in [4.69, 9.17) is 16.3 Å². The fourth-order valence-corrected chi connectivity index (χ4v) is 3.90. The van der Waals surface area contributed by atoms with E-state index in [1.807, 2.05) is 42.5 Å². The normalized spacial score (nSPS) is 11.9. The van der Waals surface area contributed by atoms with Crippen molar-refractivity contribution in [2.45, 2.75) is 13.8 Å². The standard InChI is InChI=1S/C27H31ClN2O/c1-4-30(5-2)20-19-29-24-15-11-22(12-16-24)26(21-9-7-6-8-10-21)27(28)23-13-17-25(31-3)18-14-23/h6-18,29H,4-5,19-20H2,1-3H3. The zero-order valence-electron chi connectivity index (χ0n) is 18.6. The van der Waals surface area contributed by atoms with Gasteiger partial charge >= 0.3 is 0 Å². The van der Waals surface area contributed by atoms with Crippen LogP contribution < -0.4 is 10.1 Å². The number of anilines is 1. The molecule has 0 unspecified atom stereocenters. The third-order valence-electron chi connectivity index (χ3n) is 5.45. The van der Waals surface area contributed by atoms with Gasteiger partial charge in [0.1, 0.15) is 5.75 Å². The zero-order valence-corrected chi connectivity index (χ0v) is 19.3. The fourth-order valence-electron chi connectivity index (χ4n) is 3.56. The first-order valence-corrected chi connectivity index (χ1v) is 11.2. The molecule has 0 aliphatic heterocycles. The van der Waals surface area contributed by atoms with Gasteiger partial charge in [-0.1, -0.05) is 67.9 Å². The Morgan fingerprint density at radius 1 is 0.806 bits per heavy atom. The molecule has 0 amide bonds. The molecule has 0 bridgehead atoms. The van der Waals surface area contributed by atoms with Crippen molar-refractivity contribution in [2.75, 3.05) is 38.6 Å². The molecule has 1 N–H and O–H groups in total. The highest BCUT2D eigenvalue weighted by molar-refractivity contribution is 6.53. The summed E-state index contributed by atoms with van der Waals surface area (Å²) in [5.74, 6) is 0.814. The maximum absolute atomic E-state index is 6.94. The summed E-state index contributed by atoms with van der Waals surface area (Å²) < 4.78 is 5.28. The number of nitrogens with one attached hydrogen (secondary N) is 1.